The van der Waals surface area contributed by atoms with Gasteiger partial charge >= 0.3 is 0 Å². The molecule has 2 aromatic heterocycles. The number of nitrogens with two attached hydrogens (primary N) is 1. The third kappa shape index (κ3) is 2.56. The molecule has 3 rings (SSSR count). The van der Waals surface area contributed by atoms with Gasteiger partial charge < -0.3 is 11.1 Å². The van der Waals surface area contributed by atoms with Crippen molar-refractivity contribution in [2.24, 2.45) is 5.73 Å². The number of benzene rings is 1. The third-order valence-corrected chi connectivity index (χ3v) is 2.96. The summed E-state index contributed by atoms with van der Waals surface area (Å²) in [5.41, 5.74) is 8.80. The van der Waals surface area contributed by atoms with Crippen molar-refractivity contribution in [3.8, 4) is 0 Å². The van der Waals surface area contributed by atoms with Crippen LogP contribution in [0.1, 0.15) is 11.1 Å². The van der Waals surface area contributed by atoms with E-state index in [2.05, 4.69) is 27.5 Å². The normalized spacial score (nSPS) is 10.8. The van der Waals surface area contributed by atoms with E-state index in [4.69, 9.17) is 5.73 Å². The number of anilines is 1. The van der Waals surface area contributed by atoms with E-state index in [0.717, 1.165) is 23.6 Å². The molecule has 0 amide bonds. The summed E-state index contributed by atoms with van der Waals surface area (Å²) in [6.45, 7) is 1.29. The molecule has 19 heavy (non-hydrogen) atoms. The molecule has 0 fully saturated rings. The summed E-state index contributed by atoms with van der Waals surface area (Å²) in [7, 11) is 0. The number of rotatable bonds is 4. The van der Waals surface area contributed by atoms with Crippen molar-refractivity contribution in [2.75, 3.05) is 5.32 Å². The molecule has 0 bridgehead atoms. The van der Waals surface area contributed by atoms with Crippen molar-refractivity contribution in [2.45, 2.75) is 13.1 Å². The highest BCUT2D eigenvalue weighted by atomic mass is 15.2. The minimum atomic E-state index is 0.563. The van der Waals surface area contributed by atoms with Gasteiger partial charge in [-0.1, -0.05) is 24.3 Å². The summed E-state index contributed by atoms with van der Waals surface area (Å²) >= 11 is 0. The van der Waals surface area contributed by atoms with Gasteiger partial charge in [-0.2, -0.15) is 5.10 Å². The Morgan fingerprint density at radius 3 is 2.95 bits per heavy atom. The largest absolute Gasteiger partial charge is 0.366 e. The molecule has 96 valence electrons. The fourth-order valence-electron chi connectivity index (χ4n) is 1.97. The van der Waals surface area contributed by atoms with Crippen LogP contribution in [0.3, 0.4) is 0 Å². The highest BCUT2D eigenvalue weighted by molar-refractivity contribution is 5.45. The first-order valence-corrected chi connectivity index (χ1v) is 6.17. The van der Waals surface area contributed by atoms with Gasteiger partial charge in [0.2, 0.25) is 0 Å². The number of hydrogen-bond donors (Lipinski definition) is 2. The van der Waals surface area contributed by atoms with Crippen molar-refractivity contribution < 1.29 is 0 Å². The second-order valence-corrected chi connectivity index (χ2v) is 4.32. The zero-order chi connectivity index (χ0) is 13.1. The molecule has 0 unspecified atom stereocenters. The van der Waals surface area contributed by atoms with Crippen molar-refractivity contribution >= 4 is 11.5 Å². The highest BCUT2D eigenvalue weighted by Crippen LogP contribution is 2.09. The van der Waals surface area contributed by atoms with Crippen molar-refractivity contribution in [1.29, 1.82) is 0 Å². The minimum absolute atomic E-state index is 0.563. The van der Waals surface area contributed by atoms with Crippen LogP contribution in [0.2, 0.25) is 0 Å². The molecular weight excluding hydrogens is 238 g/mol. The number of aromatic nitrogens is 3. The van der Waals surface area contributed by atoms with E-state index in [9.17, 15) is 0 Å². The number of fused-ring (bicyclic) bond motifs is 1. The molecule has 0 saturated heterocycles. The van der Waals surface area contributed by atoms with Crippen LogP contribution >= 0.6 is 0 Å². The first-order valence-electron chi connectivity index (χ1n) is 6.17. The number of nitrogens with zero attached hydrogens (tertiary/aromatic N) is 3. The van der Waals surface area contributed by atoms with Crippen molar-refractivity contribution in [3.63, 3.8) is 0 Å². The fraction of sp³-hybridized carbons (Fsp3) is 0.143. The van der Waals surface area contributed by atoms with Crippen molar-refractivity contribution in [3.05, 3.63) is 59.9 Å². The maximum Gasteiger partial charge on any atom is 0.157 e. The average molecular weight is 253 g/mol. The molecule has 3 N–H and O–H groups in total. The van der Waals surface area contributed by atoms with Crippen LogP contribution in [-0.2, 0) is 13.1 Å². The Morgan fingerprint density at radius 1 is 1.16 bits per heavy atom. The van der Waals surface area contributed by atoms with E-state index in [1.54, 1.807) is 10.7 Å². The highest BCUT2D eigenvalue weighted by Gasteiger charge is 1.99. The molecule has 0 atom stereocenters. The van der Waals surface area contributed by atoms with Gasteiger partial charge in [0.25, 0.3) is 0 Å². The Balaban J connectivity index is 1.74. The lowest BCUT2D eigenvalue weighted by Gasteiger charge is -2.07. The van der Waals surface area contributed by atoms with Gasteiger partial charge in [0.05, 0.1) is 6.20 Å². The standard InChI is InChI=1S/C14H15N5/c15-9-11-2-1-3-12(8-11)10-16-13-5-7-19-14(18-13)4-6-17-19/h1-8H,9-10,15H2,(H,16,18). The predicted molar refractivity (Wildman–Crippen MR) is 74.6 cm³/mol. The monoisotopic (exact) mass is 253 g/mol. The molecule has 5 heteroatoms. The molecule has 0 aliphatic heterocycles. The van der Waals surface area contributed by atoms with Crippen LogP contribution in [0.5, 0.6) is 0 Å². The molecule has 0 saturated carbocycles. The van der Waals surface area contributed by atoms with Crippen LogP contribution in [0.25, 0.3) is 5.65 Å². The average Bonchev–Trinajstić information content (AvgIpc) is 2.93. The Hall–Kier alpha value is -2.40. The molecule has 5 nitrogen and oxygen atoms in total. The molecule has 1 aromatic carbocycles. The van der Waals surface area contributed by atoms with E-state index < -0.39 is 0 Å². The van der Waals surface area contributed by atoms with Gasteiger partial charge in [0, 0.05) is 25.4 Å². The van der Waals surface area contributed by atoms with Gasteiger partial charge in [0.1, 0.15) is 5.82 Å². The van der Waals surface area contributed by atoms with Gasteiger partial charge in [-0.15, -0.1) is 0 Å². The maximum absolute atomic E-state index is 5.63. The van der Waals surface area contributed by atoms with Gasteiger partial charge in [0.15, 0.2) is 5.65 Å². The maximum atomic E-state index is 5.63. The summed E-state index contributed by atoms with van der Waals surface area (Å²) < 4.78 is 1.74. The molecule has 0 radical (unpaired) electrons. The van der Waals surface area contributed by atoms with E-state index >= 15 is 0 Å². The lowest BCUT2D eigenvalue weighted by Crippen LogP contribution is -2.04. The summed E-state index contributed by atoms with van der Waals surface area (Å²) in [6, 6.07) is 12.0. The molecular formula is C14H15N5. The second kappa shape index (κ2) is 5.07. The summed E-state index contributed by atoms with van der Waals surface area (Å²) in [5.74, 6) is 0.839. The molecule has 0 aliphatic rings. The summed E-state index contributed by atoms with van der Waals surface area (Å²) in [4.78, 5) is 4.46. The van der Waals surface area contributed by atoms with Gasteiger partial charge in [-0.05, 0) is 17.2 Å². The minimum Gasteiger partial charge on any atom is -0.366 e. The van der Waals surface area contributed by atoms with Crippen LogP contribution < -0.4 is 11.1 Å². The van der Waals surface area contributed by atoms with Crippen LogP contribution in [0, 0.1) is 0 Å². The van der Waals surface area contributed by atoms with E-state index in [1.165, 1.54) is 5.56 Å². The topological polar surface area (TPSA) is 68.2 Å². The van der Waals surface area contributed by atoms with Crippen LogP contribution in [0.4, 0.5) is 5.82 Å². The predicted octanol–water partition coefficient (Wildman–Crippen LogP) is 1.80. The molecule has 0 aliphatic carbocycles. The Morgan fingerprint density at radius 2 is 2.05 bits per heavy atom. The van der Waals surface area contributed by atoms with E-state index in [1.807, 2.05) is 30.5 Å². The quantitative estimate of drug-likeness (QED) is 0.744. The Labute approximate surface area is 111 Å². The van der Waals surface area contributed by atoms with E-state index in [-0.39, 0.29) is 0 Å². The molecule has 2 heterocycles. The SMILES string of the molecule is NCc1cccc(CNc2ccn3nccc3n2)c1. The Kier molecular flexibility index (Phi) is 3.12. The van der Waals surface area contributed by atoms with Crippen molar-refractivity contribution in [1.82, 2.24) is 14.6 Å². The van der Waals surface area contributed by atoms with Crippen LogP contribution in [0.15, 0.2) is 48.8 Å². The summed E-state index contributed by atoms with van der Waals surface area (Å²) in [6.07, 6.45) is 3.62. The summed E-state index contributed by atoms with van der Waals surface area (Å²) in [5, 5.41) is 7.41. The number of nitrogens with one attached hydrogen (secondary N) is 1. The molecule has 3 aromatic rings. The first kappa shape index (κ1) is 11.7. The van der Waals surface area contributed by atoms with Gasteiger partial charge in [-0.25, -0.2) is 9.50 Å². The smallest absolute Gasteiger partial charge is 0.157 e. The first-order chi connectivity index (χ1) is 9.35. The lowest BCUT2D eigenvalue weighted by atomic mass is 10.1. The lowest BCUT2D eigenvalue weighted by molar-refractivity contribution is 0.936. The third-order valence-electron chi connectivity index (χ3n) is 2.96. The van der Waals surface area contributed by atoms with E-state index in [0.29, 0.717) is 6.54 Å². The fourth-order valence-corrected chi connectivity index (χ4v) is 1.97. The second-order valence-electron chi connectivity index (χ2n) is 4.32. The zero-order valence-corrected chi connectivity index (χ0v) is 10.5. The zero-order valence-electron chi connectivity index (χ0n) is 10.5. The van der Waals surface area contributed by atoms with Gasteiger partial charge in [-0.3, -0.25) is 0 Å². The Bertz CT molecular complexity index is 689. The molecule has 0 spiro atoms. The van der Waals surface area contributed by atoms with Crippen LogP contribution in [-0.4, -0.2) is 14.6 Å². The number of hydrogen-bond acceptors (Lipinski definition) is 4.